The monoisotopic (exact) mass is 357 g/mol. The van der Waals surface area contributed by atoms with E-state index in [0.717, 1.165) is 55.9 Å². The van der Waals surface area contributed by atoms with Crippen molar-refractivity contribution in [3.63, 3.8) is 0 Å². The molecule has 1 fully saturated rings. The van der Waals surface area contributed by atoms with E-state index in [1.165, 1.54) is 0 Å². The summed E-state index contributed by atoms with van der Waals surface area (Å²) in [6.45, 7) is 3.91. The van der Waals surface area contributed by atoms with Crippen molar-refractivity contribution in [1.82, 2.24) is 10.2 Å². The Kier molecular flexibility index (Phi) is 6.68. The van der Waals surface area contributed by atoms with Crippen molar-refractivity contribution in [3.8, 4) is 11.3 Å². The SMILES string of the molecule is O=C(NCCCN1CCCC(CO)C1)Nc1ccc(-c2ccco2)cc1. The Balaban J connectivity index is 1.35. The van der Waals surface area contributed by atoms with Crippen LogP contribution in [0.2, 0.25) is 0 Å². The summed E-state index contributed by atoms with van der Waals surface area (Å²) in [6, 6.07) is 11.1. The molecule has 1 saturated heterocycles. The number of amides is 2. The molecule has 3 rings (SSSR count). The molecule has 140 valence electrons. The first-order chi connectivity index (χ1) is 12.7. The summed E-state index contributed by atoms with van der Waals surface area (Å²) in [5.74, 6) is 1.21. The molecule has 0 bridgehead atoms. The number of benzene rings is 1. The summed E-state index contributed by atoms with van der Waals surface area (Å²) >= 11 is 0. The number of likely N-dealkylation sites (tertiary alicyclic amines) is 1. The van der Waals surface area contributed by atoms with Crippen molar-refractivity contribution >= 4 is 11.7 Å². The predicted octanol–water partition coefficient (Wildman–Crippen LogP) is 3.16. The highest BCUT2D eigenvalue weighted by Crippen LogP contribution is 2.21. The maximum atomic E-state index is 12.0. The molecular weight excluding hydrogens is 330 g/mol. The average Bonchev–Trinajstić information content (AvgIpc) is 3.21. The quantitative estimate of drug-likeness (QED) is 0.665. The largest absolute Gasteiger partial charge is 0.464 e. The number of piperidine rings is 1. The van der Waals surface area contributed by atoms with E-state index >= 15 is 0 Å². The molecule has 0 aliphatic carbocycles. The zero-order chi connectivity index (χ0) is 18.2. The van der Waals surface area contributed by atoms with Gasteiger partial charge in [-0.25, -0.2) is 4.79 Å². The number of hydrogen-bond acceptors (Lipinski definition) is 4. The second-order valence-corrected chi connectivity index (χ2v) is 6.78. The van der Waals surface area contributed by atoms with Gasteiger partial charge in [-0.15, -0.1) is 0 Å². The molecule has 26 heavy (non-hydrogen) atoms. The Morgan fingerprint density at radius 2 is 2.12 bits per heavy atom. The van der Waals surface area contributed by atoms with E-state index in [9.17, 15) is 9.90 Å². The lowest BCUT2D eigenvalue weighted by Gasteiger charge is -2.31. The van der Waals surface area contributed by atoms with Crippen LogP contribution in [0.3, 0.4) is 0 Å². The molecule has 1 atom stereocenters. The van der Waals surface area contributed by atoms with Crippen molar-refractivity contribution in [2.45, 2.75) is 19.3 Å². The molecule has 6 heteroatoms. The molecule has 1 aromatic heterocycles. The number of urea groups is 1. The average molecular weight is 357 g/mol. The predicted molar refractivity (Wildman–Crippen MR) is 102 cm³/mol. The van der Waals surface area contributed by atoms with E-state index in [1.807, 2.05) is 36.4 Å². The van der Waals surface area contributed by atoms with E-state index in [-0.39, 0.29) is 12.6 Å². The first-order valence-electron chi connectivity index (χ1n) is 9.26. The number of carbonyl (C=O) groups is 1. The Morgan fingerprint density at radius 1 is 1.27 bits per heavy atom. The summed E-state index contributed by atoms with van der Waals surface area (Å²) in [5, 5.41) is 15.0. The van der Waals surface area contributed by atoms with Crippen LogP contribution in [0.15, 0.2) is 47.1 Å². The summed E-state index contributed by atoms with van der Waals surface area (Å²) in [6.07, 6.45) is 4.81. The molecule has 0 saturated carbocycles. The van der Waals surface area contributed by atoms with Gasteiger partial charge in [-0.2, -0.15) is 0 Å². The van der Waals surface area contributed by atoms with Gasteiger partial charge in [0.1, 0.15) is 5.76 Å². The van der Waals surface area contributed by atoms with E-state index in [2.05, 4.69) is 15.5 Å². The van der Waals surface area contributed by atoms with Crippen LogP contribution in [0, 0.1) is 5.92 Å². The van der Waals surface area contributed by atoms with Gasteiger partial charge < -0.3 is 25.1 Å². The highest BCUT2D eigenvalue weighted by atomic mass is 16.3. The van der Waals surface area contributed by atoms with Crippen molar-refractivity contribution in [3.05, 3.63) is 42.7 Å². The molecule has 1 aliphatic rings. The fourth-order valence-electron chi connectivity index (χ4n) is 3.34. The number of aliphatic hydroxyl groups excluding tert-OH is 1. The highest BCUT2D eigenvalue weighted by Gasteiger charge is 2.18. The fraction of sp³-hybridized carbons (Fsp3) is 0.450. The van der Waals surface area contributed by atoms with Crippen LogP contribution in [0.25, 0.3) is 11.3 Å². The van der Waals surface area contributed by atoms with Gasteiger partial charge in [0.25, 0.3) is 0 Å². The van der Waals surface area contributed by atoms with Gasteiger partial charge in [-0.05, 0) is 74.7 Å². The van der Waals surface area contributed by atoms with E-state index in [1.54, 1.807) is 6.26 Å². The second-order valence-electron chi connectivity index (χ2n) is 6.78. The third-order valence-electron chi connectivity index (χ3n) is 4.75. The number of carbonyl (C=O) groups excluding carboxylic acids is 1. The number of aliphatic hydroxyl groups is 1. The van der Waals surface area contributed by atoms with E-state index < -0.39 is 0 Å². The van der Waals surface area contributed by atoms with Crippen molar-refractivity contribution in [2.75, 3.05) is 38.1 Å². The van der Waals surface area contributed by atoms with Gasteiger partial charge in [-0.1, -0.05) is 0 Å². The summed E-state index contributed by atoms with van der Waals surface area (Å²) in [5.41, 5.74) is 1.73. The normalized spacial score (nSPS) is 17.8. The maximum Gasteiger partial charge on any atom is 0.319 e. The van der Waals surface area contributed by atoms with Gasteiger partial charge in [0.15, 0.2) is 0 Å². The van der Waals surface area contributed by atoms with Crippen molar-refractivity contribution in [1.29, 1.82) is 0 Å². The van der Waals surface area contributed by atoms with Crippen LogP contribution in [0.5, 0.6) is 0 Å². The molecule has 2 amide bonds. The molecule has 2 aromatic rings. The second kappa shape index (κ2) is 9.40. The summed E-state index contributed by atoms with van der Waals surface area (Å²) in [4.78, 5) is 14.4. The Bertz CT molecular complexity index is 670. The topological polar surface area (TPSA) is 77.7 Å². The highest BCUT2D eigenvalue weighted by molar-refractivity contribution is 5.89. The first-order valence-corrected chi connectivity index (χ1v) is 9.26. The maximum absolute atomic E-state index is 12.0. The Hall–Kier alpha value is -2.31. The van der Waals surface area contributed by atoms with Crippen LogP contribution < -0.4 is 10.6 Å². The molecule has 1 unspecified atom stereocenters. The number of rotatable bonds is 7. The zero-order valence-corrected chi connectivity index (χ0v) is 15.0. The van der Waals surface area contributed by atoms with Crippen LogP contribution in [-0.2, 0) is 0 Å². The number of furan rings is 1. The number of nitrogens with zero attached hydrogens (tertiary/aromatic N) is 1. The lowest BCUT2D eigenvalue weighted by Crippen LogP contribution is -2.38. The molecule has 0 spiro atoms. The van der Waals surface area contributed by atoms with Crippen LogP contribution in [0.4, 0.5) is 10.5 Å². The van der Waals surface area contributed by atoms with Gasteiger partial charge in [0.2, 0.25) is 0 Å². The molecule has 6 nitrogen and oxygen atoms in total. The third-order valence-corrected chi connectivity index (χ3v) is 4.75. The fourth-order valence-corrected chi connectivity index (χ4v) is 3.34. The molecule has 3 N–H and O–H groups in total. The summed E-state index contributed by atoms with van der Waals surface area (Å²) < 4.78 is 5.35. The van der Waals surface area contributed by atoms with Gasteiger partial charge in [0, 0.05) is 30.9 Å². The zero-order valence-electron chi connectivity index (χ0n) is 15.0. The van der Waals surface area contributed by atoms with Gasteiger partial charge >= 0.3 is 6.03 Å². The lowest BCUT2D eigenvalue weighted by molar-refractivity contribution is 0.120. The molecule has 1 aliphatic heterocycles. The van der Waals surface area contributed by atoms with Gasteiger partial charge in [-0.3, -0.25) is 0 Å². The van der Waals surface area contributed by atoms with E-state index in [0.29, 0.717) is 12.5 Å². The van der Waals surface area contributed by atoms with E-state index in [4.69, 9.17) is 4.42 Å². The Morgan fingerprint density at radius 3 is 2.85 bits per heavy atom. The van der Waals surface area contributed by atoms with Crippen LogP contribution in [-0.4, -0.2) is 48.8 Å². The third kappa shape index (κ3) is 5.34. The summed E-state index contributed by atoms with van der Waals surface area (Å²) in [7, 11) is 0. The minimum Gasteiger partial charge on any atom is -0.464 e. The standard InChI is InChI=1S/C20H27N3O3/c24-15-16-4-1-11-23(14-16)12-3-10-21-20(25)22-18-8-6-17(7-9-18)19-5-2-13-26-19/h2,5-9,13,16,24H,1,3-4,10-12,14-15H2,(H2,21,22,25). The molecular formula is C20H27N3O3. The van der Waals surface area contributed by atoms with Crippen molar-refractivity contribution in [2.24, 2.45) is 5.92 Å². The van der Waals surface area contributed by atoms with Crippen LogP contribution in [0.1, 0.15) is 19.3 Å². The lowest BCUT2D eigenvalue weighted by atomic mass is 9.99. The number of anilines is 1. The molecule has 1 aromatic carbocycles. The molecule has 0 radical (unpaired) electrons. The van der Waals surface area contributed by atoms with Crippen molar-refractivity contribution < 1.29 is 14.3 Å². The number of hydrogen-bond donors (Lipinski definition) is 3. The Labute approximate surface area is 154 Å². The first kappa shape index (κ1) is 18.5. The minimum atomic E-state index is -0.192. The minimum absolute atomic E-state index is 0.192. The van der Waals surface area contributed by atoms with Gasteiger partial charge in [0.05, 0.1) is 6.26 Å². The van der Waals surface area contributed by atoms with Crippen LogP contribution >= 0.6 is 0 Å². The number of nitrogens with one attached hydrogen (secondary N) is 2. The molecule has 2 heterocycles. The smallest absolute Gasteiger partial charge is 0.319 e.